The molecule has 2 aromatic carbocycles. The number of sulfonamides is 1. The molecule has 0 fully saturated rings. The van der Waals surface area contributed by atoms with Crippen LogP contribution in [-0.4, -0.2) is 27.6 Å². The Bertz CT molecular complexity index is 1470. The number of aromatic nitrogens is 4. The van der Waals surface area contributed by atoms with Crippen molar-refractivity contribution in [2.24, 2.45) is 0 Å². The van der Waals surface area contributed by atoms with Crippen LogP contribution in [0.2, 0.25) is 0 Å². The van der Waals surface area contributed by atoms with Crippen molar-refractivity contribution < 1.29 is 8.42 Å². The van der Waals surface area contributed by atoms with Gasteiger partial charge in [0.15, 0.2) is 0 Å². The van der Waals surface area contributed by atoms with Gasteiger partial charge >= 0.3 is 0 Å². The summed E-state index contributed by atoms with van der Waals surface area (Å²) in [7, 11) is -3.73. The standard InChI is InChI=1S/C23H19N5O2S/c1-17-5-3-13-27-16-22(25-23(17)27)18-6-2-7-19(15-18)26-31(29,30)21-10-8-20(9-11-21)28-14-4-12-24-28/h2-16,26H,1H3. The summed E-state index contributed by atoms with van der Waals surface area (Å²) in [6, 6.07) is 19.6. The molecular weight excluding hydrogens is 410 g/mol. The third-order valence-corrected chi connectivity index (χ3v) is 6.40. The average Bonchev–Trinajstić information content (AvgIpc) is 3.45. The van der Waals surface area contributed by atoms with Crippen molar-refractivity contribution in [1.29, 1.82) is 0 Å². The predicted molar refractivity (Wildman–Crippen MR) is 120 cm³/mol. The zero-order valence-corrected chi connectivity index (χ0v) is 17.5. The average molecular weight is 430 g/mol. The number of nitrogens with one attached hydrogen (secondary N) is 1. The van der Waals surface area contributed by atoms with Gasteiger partial charge in [-0.25, -0.2) is 18.1 Å². The van der Waals surface area contributed by atoms with Gasteiger partial charge in [-0.3, -0.25) is 4.72 Å². The molecule has 5 rings (SSSR count). The summed E-state index contributed by atoms with van der Waals surface area (Å²) in [4.78, 5) is 4.87. The molecule has 31 heavy (non-hydrogen) atoms. The number of pyridine rings is 1. The van der Waals surface area contributed by atoms with Crippen LogP contribution in [-0.2, 0) is 10.0 Å². The van der Waals surface area contributed by atoms with E-state index in [1.807, 2.05) is 54.0 Å². The van der Waals surface area contributed by atoms with Gasteiger partial charge in [-0.2, -0.15) is 5.10 Å². The molecule has 5 aromatic rings. The number of nitrogens with zero attached hydrogens (tertiary/aromatic N) is 4. The van der Waals surface area contributed by atoms with Crippen molar-refractivity contribution in [1.82, 2.24) is 19.2 Å². The minimum atomic E-state index is -3.73. The van der Waals surface area contributed by atoms with Crippen LogP contribution in [0, 0.1) is 6.92 Å². The van der Waals surface area contributed by atoms with Crippen molar-refractivity contribution in [3.05, 3.63) is 97.1 Å². The Morgan fingerprint density at radius 2 is 1.77 bits per heavy atom. The molecule has 7 nitrogen and oxygen atoms in total. The van der Waals surface area contributed by atoms with Crippen LogP contribution in [0.1, 0.15) is 5.56 Å². The van der Waals surface area contributed by atoms with E-state index >= 15 is 0 Å². The van der Waals surface area contributed by atoms with E-state index < -0.39 is 10.0 Å². The summed E-state index contributed by atoms with van der Waals surface area (Å²) in [6.07, 6.45) is 7.35. The number of anilines is 1. The van der Waals surface area contributed by atoms with Crippen LogP contribution in [0.15, 0.2) is 96.4 Å². The number of hydrogen-bond donors (Lipinski definition) is 1. The molecule has 0 aliphatic heterocycles. The molecule has 3 aromatic heterocycles. The molecule has 1 N–H and O–H groups in total. The van der Waals surface area contributed by atoms with Crippen molar-refractivity contribution in [2.75, 3.05) is 4.72 Å². The zero-order valence-electron chi connectivity index (χ0n) is 16.7. The summed E-state index contributed by atoms with van der Waals surface area (Å²) < 4.78 is 32.0. The molecule has 3 heterocycles. The Morgan fingerprint density at radius 3 is 2.52 bits per heavy atom. The maximum Gasteiger partial charge on any atom is 0.261 e. The van der Waals surface area contributed by atoms with Crippen LogP contribution in [0.25, 0.3) is 22.6 Å². The topological polar surface area (TPSA) is 81.3 Å². The smallest absolute Gasteiger partial charge is 0.261 e. The first kappa shape index (κ1) is 19.1. The van der Waals surface area contributed by atoms with Crippen molar-refractivity contribution in [3.63, 3.8) is 0 Å². The quantitative estimate of drug-likeness (QED) is 0.452. The van der Waals surface area contributed by atoms with Crippen molar-refractivity contribution >= 4 is 21.4 Å². The largest absolute Gasteiger partial charge is 0.306 e. The Hall–Kier alpha value is -3.91. The summed E-state index contributed by atoms with van der Waals surface area (Å²) >= 11 is 0. The van der Waals surface area contributed by atoms with E-state index in [0.29, 0.717) is 5.69 Å². The van der Waals surface area contributed by atoms with E-state index in [2.05, 4.69) is 14.8 Å². The SMILES string of the molecule is Cc1cccn2cc(-c3cccc(NS(=O)(=O)c4ccc(-n5cccn5)cc4)c3)nc12. The van der Waals surface area contributed by atoms with E-state index in [1.165, 1.54) is 0 Å². The van der Waals surface area contributed by atoms with Gasteiger partial charge in [0, 0.05) is 36.0 Å². The highest BCUT2D eigenvalue weighted by atomic mass is 32.2. The van der Waals surface area contributed by atoms with E-state index in [0.717, 1.165) is 28.2 Å². The van der Waals surface area contributed by atoms with Crippen LogP contribution in [0.4, 0.5) is 5.69 Å². The van der Waals surface area contributed by atoms with Gasteiger partial charge in [0.25, 0.3) is 10.0 Å². The second kappa shape index (κ2) is 7.41. The second-order valence-electron chi connectivity index (χ2n) is 7.18. The van der Waals surface area contributed by atoms with E-state index in [1.54, 1.807) is 53.5 Å². The minimum absolute atomic E-state index is 0.178. The molecule has 0 atom stereocenters. The number of aryl methyl sites for hydroxylation is 1. The Morgan fingerprint density at radius 1 is 0.935 bits per heavy atom. The third kappa shape index (κ3) is 3.69. The normalized spacial score (nSPS) is 11.6. The number of imidazole rings is 1. The van der Waals surface area contributed by atoms with Gasteiger partial charge in [-0.05, 0) is 61.0 Å². The summed E-state index contributed by atoms with van der Waals surface area (Å²) in [5, 5.41) is 4.15. The lowest BCUT2D eigenvalue weighted by molar-refractivity contribution is 0.601. The molecule has 0 aliphatic carbocycles. The van der Waals surface area contributed by atoms with Crippen molar-refractivity contribution in [2.45, 2.75) is 11.8 Å². The van der Waals surface area contributed by atoms with Crippen LogP contribution in [0.3, 0.4) is 0 Å². The first-order valence-corrected chi connectivity index (χ1v) is 11.2. The molecule has 0 amide bonds. The molecule has 8 heteroatoms. The number of benzene rings is 2. The molecule has 0 aliphatic rings. The van der Waals surface area contributed by atoms with Gasteiger partial charge in [0.1, 0.15) is 5.65 Å². The monoisotopic (exact) mass is 429 g/mol. The fraction of sp³-hybridized carbons (Fsp3) is 0.0435. The van der Waals surface area contributed by atoms with Gasteiger partial charge in [-0.1, -0.05) is 18.2 Å². The summed E-state index contributed by atoms with van der Waals surface area (Å²) in [5.41, 5.74) is 4.82. The number of rotatable bonds is 5. The molecule has 0 spiro atoms. The molecule has 154 valence electrons. The predicted octanol–water partition coefficient (Wildman–Crippen LogP) is 4.30. The minimum Gasteiger partial charge on any atom is -0.306 e. The van der Waals surface area contributed by atoms with Crippen LogP contribution >= 0.6 is 0 Å². The van der Waals surface area contributed by atoms with E-state index in [4.69, 9.17) is 0 Å². The lowest BCUT2D eigenvalue weighted by atomic mass is 10.1. The van der Waals surface area contributed by atoms with Gasteiger partial charge in [0.2, 0.25) is 0 Å². The zero-order chi connectivity index (χ0) is 21.4. The lowest BCUT2D eigenvalue weighted by Gasteiger charge is -2.10. The highest BCUT2D eigenvalue weighted by Crippen LogP contribution is 2.25. The fourth-order valence-electron chi connectivity index (χ4n) is 3.45. The van der Waals surface area contributed by atoms with Crippen molar-refractivity contribution in [3.8, 4) is 16.9 Å². The third-order valence-electron chi connectivity index (χ3n) is 5.00. The maximum absolute atomic E-state index is 12.9. The Balaban J connectivity index is 1.42. The molecule has 0 unspecified atom stereocenters. The Labute approximate surface area is 179 Å². The van der Waals surface area contributed by atoms with E-state index in [-0.39, 0.29) is 4.90 Å². The maximum atomic E-state index is 12.9. The first-order chi connectivity index (χ1) is 15.0. The van der Waals surface area contributed by atoms with Gasteiger partial charge < -0.3 is 4.40 Å². The second-order valence-corrected chi connectivity index (χ2v) is 8.86. The number of hydrogen-bond acceptors (Lipinski definition) is 4. The lowest BCUT2D eigenvalue weighted by Crippen LogP contribution is -2.13. The highest BCUT2D eigenvalue weighted by molar-refractivity contribution is 7.92. The molecule has 0 saturated heterocycles. The fourth-order valence-corrected chi connectivity index (χ4v) is 4.50. The molecule has 0 saturated carbocycles. The van der Waals surface area contributed by atoms with Crippen LogP contribution in [0.5, 0.6) is 0 Å². The van der Waals surface area contributed by atoms with Crippen LogP contribution < -0.4 is 4.72 Å². The summed E-state index contributed by atoms with van der Waals surface area (Å²) in [6.45, 7) is 2.01. The van der Waals surface area contributed by atoms with E-state index in [9.17, 15) is 8.42 Å². The summed E-state index contributed by atoms with van der Waals surface area (Å²) in [5.74, 6) is 0. The molecule has 0 radical (unpaired) electrons. The Kier molecular flexibility index (Phi) is 4.56. The van der Waals surface area contributed by atoms with Gasteiger partial charge in [0.05, 0.1) is 16.3 Å². The number of fused-ring (bicyclic) bond motifs is 1. The molecular formula is C23H19N5O2S. The first-order valence-electron chi connectivity index (χ1n) is 9.67. The molecule has 0 bridgehead atoms. The van der Waals surface area contributed by atoms with Gasteiger partial charge in [-0.15, -0.1) is 0 Å². The highest BCUT2D eigenvalue weighted by Gasteiger charge is 2.15.